The van der Waals surface area contributed by atoms with Crippen LogP contribution in [0.3, 0.4) is 0 Å². The first-order chi connectivity index (χ1) is 10.8. The Morgan fingerprint density at radius 3 is 2.95 bits per heavy atom. The molecule has 1 atom stereocenters. The molecule has 0 unspecified atom stereocenters. The summed E-state index contributed by atoms with van der Waals surface area (Å²) in [5.41, 5.74) is 0.787. The summed E-state index contributed by atoms with van der Waals surface area (Å²) in [6, 6.07) is 9.96. The van der Waals surface area contributed by atoms with E-state index in [4.69, 9.17) is 4.74 Å². The highest BCUT2D eigenvalue weighted by atomic mass is 16.5. The average Bonchev–Trinajstić information content (AvgIpc) is 3.16. The van der Waals surface area contributed by atoms with E-state index >= 15 is 0 Å². The largest absolute Gasteiger partial charge is 0.489 e. The topological polar surface area (TPSA) is 66.9 Å². The standard InChI is InChI=1S/C16H17N5O/c1-11-18-15-14(9-17-20-15)16(19-11)21-8-7-13(10-21)22-12-5-3-2-4-6-12/h2-6,9,13H,7-8,10H2,1H3,(H,17,18,19,20)/t13-/m1/s1. The number of aryl methyl sites for hydroxylation is 1. The highest BCUT2D eigenvalue weighted by Crippen LogP contribution is 2.27. The molecule has 3 aromatic rings. The minimum Gasteiger partial charge on any atom is -0.489 e. The van der Waals surface area contributed by atoms with Crippen molar-refractivity contribution in [2.45, 2.75) is 19.4 Å². The molecular weight excluding hydrogens is 278 g/mol. The molecule has 1 N–H and O–H groups in total. The van der Waals surface area contributed by atoms with Gasteiger partial charge in [0.15, 0.2) is 5.65 Å². The highest BCUT2D eigenvalue weighted by molar-refractivity contribution is 5.86. The van der Waals surface area contributed by atoms with Gasteiger partial charge in [-0.3, -0.25) is 5.10 Å². The summed E-state index contributed by atoms with van der Waals surface area (Å²) in [7, 11) is 0. The lowest BCUT2D eigenvalue weighted by molar-refractivity contribution is 0.225. The first-order valence-corrected chi connectivity index (χ1v) is 7.44. The van der Waals surface area contributed by atoms with Crippen molar-refractivity contribution in [2.75, 3.05) is 18.0 Å². The maximum Gasteiger partial charge on any atom is 0.161 e. The van der Waals surface area contributed by atoms with Crippen LogP contribution in [-0.4, -0.2) is 39.4 Å². The van der Waals surface area contributed by atoms with Gasteiger partial charge in [-0.1, -0.05) is 18.2 Å². The average molecular weight is 295 g/mol. The number of H-pyrrole nitrogens is 1. The Labute approximate surface area is 128 Å². The van der Waals surface area contributed by atoms with E-state index in [1.165, 1.54) is 0 Å². The summed E-state index contributed by atoms with van der Waals surface area (Å²) in [6.07, 6.45) is 2.95. The lowest BCUT2D eigenvalue weighted by Crippen LogP contribution is -2.25. The van der Waals surface area contributed by atoms with Crippen molar-refractivity contribution in [1.82, 2.24) is 20.2 Å². The lowest BCUT2D eigenvalue weighted by Gasteiger charge is -2.19. The van der Waals surface area contributed by atoms with Gasteiger partial charge < -0.3 is 9.64 Å². The fourth-order valence-electron chi connectivity index (χ4n) is 2.88. The third-order valence-electron chi connectivity index (χ3n) is 3.89. The van der Waals surface area contributed by atoms with E-state index in [1.807, 2.05) is 37.3 Å². The van der Waals surface area contributed by atoms with Crippen LogP contribution in [0.4, 0.5) is 5.82 Å². The number of fused-ring (bicyclic) bond motifs is 1. The second-order valence-electron chi connectivity index (χ2n) is 5.51. The third kappa shape index (κ3) is 2.36. The summed E-state index contributed by atoms with van der Waals surface area (Å²) in [5, 5.41) is 7.96. The van der Waals surface area contributed by atoms with Crippen molar-refractivity contribution in [1.29, 1.82) is 0 Å². The normalized spacial score (nSPS) is 18.0. The van der Waals surface area contributed by atoms with Crippen LogP contribution in [0.5, 0.6) is 5.75 Å². The van der Waals surface area contributed by atoms with Crippen molar-refractivity contribution in [3.05, 3.63) is 42.4 Å². The molecule has 6 heteroatoms. The molecule has 0 radical (unpaired) electrons. The van der Waals surface area contributed by atoms with Gasteiger partial charge in [0.1, 0.15) is 23.5 Å². The molecule has 0 aliphatic carbocycles. The monoisotopic (exact) mass is 295 g/mol. The number of aromatic nitrogens is 4. The lowest BCUT2D eigenvalue weighted by atomic mass is 10.3. The number of benzene rings is 1. The Morgan fingerprint density at radius 1 is 1.23 bits per heavy atom. The number of rotatable bonds is 3. The molecule has 0 spiro atoms. The summed E-state index contributed by atoms with van der Waals surface area (Å²) < 4.78 is 6.04. The zero-order valence-electron chi connectivity index (χ0n) is 12.4. The van der Waals surface area contributed by atoms with E-state index in [2.05, 4.69) is 25.1 Å². The first kappa shape index (κ1) is 13.1. The maximum atomic E-state index is 6.04. The van der Waals surface area contributed by atoms with Crippen molar-refractivity contribution in [3.63, 3.8) is 0 Å². The van der Waals surface area contributed by atoms with Crippen molar-refractivity contribution in [3.8, 4) is 5.75 Å². The third-order valence-corrected chi connectivity index (χ3v) is 3.89. The minimum atomic E-state index is 0.180. The fourth-order valence-corrected chi connectivity index (χ4v) is 2.88. The molecule has 4 rings (SSSR count). The molecule has 0 bridgehead atoms. The van der Waals surface area contributed by atoms with Crippen molar-refractivity contribution < 1.29 is 4.74 Å². The second kappa shape index (κ2) is 5.29. The van der Waals surface area contributed by atoms with E-state index in [0.717, 1.165) is 47.9 Å². The SMILES string of the molecule is Cc1nc(N2CC[C@@H](Oc3ccccc3)C2)c2cn[nH]c2n1. The molecule has 1 saturated heterocycles. The summed E-state index contributed by atoms with van der Waals surface area (Å²) >= 11 is 0. The van der Waals surface area contributed by atoms with Gasteiger partial charge >= 0.3 is 0 Å². The molecule has 6 nitrogen and oxygen atoms in total. The highest BCUT2D eigenvalue weighted by Gasteiger charge is 2.27. The molecule has 1 aromatic carbocycles. The van der Waals surface area contributed by atoms with Gasteiger partial charge in [-0.2, -0.15) is 5.10 Å². The number of anilines is 1. The van der Waals surface area contributed by atoms with Crippen molar-refractivity contribution in [2.24, 2.45) is 0 Å². The summed E-state index contributed by atoms with van der Waals surface area (Å²) in [4.78, 5) is 11.2. The van der Waals surface area contributed by atoms with Crippen LogP contribution in [-0.2, 0) is 0 Å². The zero-order chi connectivity index (χ0) is 14.9. The van der Waals surface area contributed by atoms with Gasteiger partial charge in [0.2, 0.25) is 0 Å². The van der Waals surface area contributed by atoms with Gasteiger partial charge in [-0.25, -0.2) is 9.97 Å². The van der Waals surface area contributed by atoms with Crippen LogP contribution in [0.15, 0.2) is 36.5 Å². The number of hydrogen-bond acceptors (Lipinski definition) is 5. The molecule has 1 aliphatic rings. The molecule has 1 aliphatic heterocycles. The van der Waals surface area contributed by atoms with E-state index < -0.39 is 0 Å². The number of ether oxygens (including phenoxy) is 1. The number of aromatic amines is 1. The zero-order valence-corrected chi connectivity index (χ0v) is 12.4. The predicted molar refractivity (Wildman–Crippen MR) is 84.1 cm³/mol. The van der Waals surface area contributed by atoms with E-state index in [0.29, 0.717) is 0 Å². The molecule has 1 fully saturated rings. The molecule has 3 heterocycles. The molecule has 0 amide bonds. The van der Waals surface area contributed by atoms with Crippen molar-refractivity contribution >= 4 is 16.9 Å². The Kier molecular flexibility index (Phi) is 3.14. The Morgan fingerprint density at radius 2 is 2.09 bits per heavy atom. The predicted octanol–water partition coefficient (Wildman–Crippen LogP) is 2.32. The Hall–Kier alpha value is -2.63. The molecular formula is C16H17N5O. The number of nitrogens with one attached hydrogen (secondary N) is 1. The minimum absolute atomic E-state index is 0.180. The molecule has 22 heavy (non-hydrogen) atoms. The molecule has 112 valence electrons. The quantitative estimate of drug-likeness (QED) is 0.803. The van der Waals surface area contributed by atoms with Crippen LogP contribution < -0.4 is 9.64 Å². The first-order valence-electron chi connectivity index (χ1n) is 7.44. The second-order valence-corrected chi connectivity index (χ2v) is 5.51. The van der Waals surface area contributed by atoms with E-state index in [1.54, 1.807) is 6.20 Å². The van der Waals surface area contributed by atoms with Gasteiger partial charge in [0.05, 0.1) is 18.1 Å². The van der Waals surface area contributed by atoms with Crippen LogP contribution in [0.25, 0.3) is 11.0 Å². The van der Waals surface area contributed by atoms with E-state index in [9.17, 15) is 0 Å². The number of hydrogen-bond donors (Lipinski definition) is 1. The Balaban J connectivity index is 1.56. The van der Waals surface area contributed by atoms with Crippen LogP contribution >= 0.6 is 0 Å². The molecule has 2 aromatic heterocycles. The molecule has 0 saturated carbocycles. The van der Waals surface area contributed by atoms with Gasteiger partial charge in [-0.15, -0.1) is 0 Å². The van der Waals surface area contributed by atoms with Crippen LogP contribution in [0.1, 0.15) is 12.2 Å². The number of nitrogens with zero attached hydrogens (tertiary/aromatic N) is 4. The smallest absolute Gasteiger partial charge is 0.161 e. The summed E-state index contributed by atoms with van der Waals surface area (Å²) in [5.74, 6) is 2.61. The van der Waals surface area contributed by atoms with Gasteiger partial charge in [-0.05, 0) is 19.1 Å². The van der Waals surface area contributed by atoms with Gasteiger partial charge in [0.25, 0.3) is 0 Å². The fraction of sp³-hybridized carbons (Fsp3) is 0.312. The van der Waals surface area contributed by atoms with E-state index in [-0.39, 0.29) is 6.10 Å². The maximum absolute atomic E-state index is 6.04. The Bertz CT molecular complexity index is 786. The van der Waals surface area contributed by atoms with Crippen LogP contribution in [0.2, 0.25) is 0 Å². The van der Waals surface area contributed by atoms with Crippen LogP contribution in [0, 0.1) is 6.92 Å². The number of para-hydroxylation sites is 1. The summed E-state index contributed by atoms with van der Waals surface area (Å²) in [6.45, 7) is 3.65. The van der Waals surface area contributed by atoms with Gasteiger partial charge in [0, 0.05) is 13.0 Å².